The van der Waals surface area contributed by atoms with Gasteiger partial charge < -0.3 is 0 Å². The molecule has 0 radical (unpaired) electrons. The minimum atomic E-state index is 0.951. The summed E-state index contributed by atoms with van der Waals surface area (Å²) in [6, 6.07) is 29.8. The van der Waals surface area contributed by atoms with E-state index >= 15 is 0 Å². The van der Waals surface area contributed by atoms with Crippen LogP contribution in [0.2, 0.25) is 0 Å². The topological polar surface area (TPSA) is 35.1 Å². The molecule has 0 atom stereocenters. The average molecular weight is 441 g/mol. The van der Waals surface area contributed by atoms with Gasteiger partial charge >= 0.3 is 0 Å². The maximum atomic E-state index is 5.02. The van der Waals surface area contributed by atoms with Crippen LogP contribution in [0.15, 0.2) is 97.3 Å². The normalized spacial score (nSPS) is 13.4. The second-order valence-electron chi connectivity index (χ2n) is 9.00. The summed E-state index contributed by atoms with van der Waals surface area (Å²) in [4.78, 5) is 9.83. The predicted molar refractivity (Wildman–Crippen MR) is 137 cm³/mol. The van der Waals surface area contributed by atoms with E-state index in [0.29, 0.717) is 0 Å². The van der Waals surface area contributed by atoms with Gasteiger partial charge in [-0.2, -0.15) is 0 Å². The standard InChI is InChI=1S/C30H24N4/c1-2-10-21(11-3-1)28-29(33-19-7-6-17-27(33)32-28)22-12-8-13-23(20-22)34-26-16-5-4-14-24(26)25-15-9-18-31-30(25)34/h1-3,6-13,15,17-20H,4-5,14,16H2. The van der Waals surface area contributed by atoms with Crippen LogP contribution < -0.4 is 0 Å². The zero-order chi connectivity index (χ0) is 22.5. The largest absolute Gasteiger partial charge is 0.299 e. The van der Waals surface area contributed by atoms with Gasteiger partial charge in [0.15, 0.2) is 0 Å². The highest BCUT2D eigenvalue weighted by atomic mass is 15.1. The fourth-order valence-corrected chi connectivity index (χ4v) is 5.50. The number of hydrogen-bond acceptors (Lipinski definition) is 2. The SMILES string of the molecule is c1ccc(-c2nc3ccccn3c2-c2cccc(-n3c4c(c5cccnc53)CCCC4)c2)cc1. The predicted octanol–water partition coefficient (Wildman–Crippen LogP) is 6.89. The molecule has 4 heteroatoms. The van der Waals surface area contributed by atoms with Gasteiger partial charge in [0, 0.05) is 40.3 Å². The fraction of sp³-hybridized carbons (Fsp3) is 0.133. The van der Waals surface area contributed by atoms with Gasteiger partial charge in [-0.1, -0.05) is 48.5 Å². The molecule has 164 valence electrons. The molecule has 0 spiro atoms. The molecule has 0 aliphatic heterocycles. The van der Waals surface area contributed by atoms with Gasteiger partial charge in [-0.3, -0.25) is 8.97 Å². The molecule has 4 aromatic heterocycles. The summed E-state index contributed by atoms with van der Waals surface area (Å²) in [6.45, 7) is 0. The summed E-state index contributed by atoms with van der Waals surface area (Å²) in [5.74, 6) is 0. The number of aryl methyl sites for hydroxylation is 1. The summed E-state index contributed by atoms with van der Waals surface area (Å²) < 4.78 is 4.58. The quantitative estimate of drug-likeness (QED) is 0.300. The molecule has 6 aromatic rings. The Hall–Kier alpha value is -4.18. The van der Waals surface area contributed by atoms with E-state index < -0.39 is 0 Å². The Morgan fingerprint density at radius 2 is 1.59 bits per heavy atom. The van der Waals surface area contributed by atoms with Crippen molar-refractivity contribution in [2.75, 3.05) is 0 Å². The minimum Gasteiger partial charge on any atom is -0.299 e. The number of rotatable bonds is 3. The molecular weight excluding hydrogens is 416 g/mol. The lowest BCUT2D eigenvalue weighted by atomic mass is 9.96. The number of benzene rings is 2. The number of imidazole rings is 1. The first kappa shape index (κ1) is 19.3. The molecule has 34 heavy (non-hydrogen) atoms. The van der Waals surface area contributed by atoms with Crippen molar-refractivity contribution in [3.05, 3.63) is 109 Å². The molecule has 4 heterocycles. The summed E-state index contributed by atoms with van der Waals surface area (Å²) in [5.41, 5.74) is 10.4. The van der Waals surface area contributed by atoms with Gasteiger partial charge in [0.1, 0.15) is 11.3 Å². The van der Waals surface area contributed by atoms with Crippen molar-refractivity contribution in [2.45, 2.75) is 25.7 Å². The molecule has 2 aromatic carbocycles. The molecule has 0 bridgehead atoms. The minimum absolute atomic E-state index is 0.951. The lowest BCUT2D eigenvalue weighted by Crippen LogP contribution is -2.07. The van der Waals surface area contributed by atoms with E-state index in [2.05, 4.69) is 88.0 Å². The first-order valence-corrected chi connectivity index (χ1v) is 12.0. The number of aromatic nitrogens is 4. The van der Waals surface area contributed by atoms with Crippen LogP contribution in [-0.2, 0) is 12.8 Å². The van der Waals surface area contributed by atoms with Gasteiger partial charge in [0.05, 0.1) is 11.4 Å². The van der Waals surface area contributed by atoms with Crippen LogP contribution in [0.5, 0.6) is 0 Å². The van der Waals surface area contributed by atoms with Crippen molar-refractivity contribution >= 4 is 16.7 Å². The maximum Gasteiger partial charge on any atom is 0.144 e. The lowest BCUT2D eigenvalue weighted by molar-refractivity contribution is 0.666. The smallest absolute Gasteiger partial charge is 0.144 e. The second kappa shape index (κ2) is 7.70. The Morgan fingerprint density at radius 3 is 2.53 bits per heavy atom. The average Bonchev–Trinajstić information content (AvgIpc) is 3.46. The van der Waals surface area contributed by atoms with Crippen LogP contribution in [0.3, 0.4) is 0 Å². The maximum absolute atomic E-state index is 5.02. The Balaban J connectivity index is 1.48. The number of fused-ring (bicyclic) bond motifs is 4. The third-order valence-corrected chi connectivity index (χ3v) is 6.99. The van der Waals surface area contributed by atoms with Crippen LogP contribution in [0.4, 0.5) is 0 Å². The highest BCUT2D eigenvalue weighted by Crippen LogP contribution is 2.37. The summed E-state index contributed by atoms with van der Waals surface area (Å²) in [6.07, 6.45) is 8.73. The Bertz CT molecular complexity index is 1660. The van der Waals surface area contributed by atoms with E-state index in [9.17, 15) is 0 Å². The molecule has 0 saturated heterocycles. The number of pyridine rings is 2. The van der Waals surface area contributed by atoms with Crippen LogP contribution >= 0.6 is 0 Å². The highest BCUT2D eigenvalue weighted by Gasteiger charge is 2.22. The van der Waals surface area contributed by atoms with Gasteiger partial charge in [0.25, 0.3) is 0 Å². The molecule has 1 aliphatic carbocycles. The van der Waals surface area contributed by atoms with Crippen LogP contribution in [-0.4, -0.2) is 18.9 Å². The third kappa shape index (κ3) is 2.92. The van der Waals surface area contributed by atoms with Crippen LogP contribution in [0.1, 0.15) is 24.1 Å². The Kier molecular flexibility index (Phi) is 4.37. The molecule has 0 amide bonds. The van der Waals surface area contributed by atoms with E-state index in [4.69, 9.17) is 9.97 Å². The van der Waals surface area contributed by atoms with Gasteiger partial charge in [-0.15, -0.1) is 0 Å². The molecule has 7 rings (SSSR count). The Labute approximate surface area is 198 Å². The number of nitrogens with zero attached hydrogens (tertiary/aromatic N) is 4. The lowest BCUT2D eigenvalue weighted by Gasteiger charge is -2.16. The molecule has 0 saturated carbocycles. The first-order valence-electron chi connectivity index (χ1n) is 12.0. The van der Waals surface area contributed by atoms with Gasteiger partial charge in [0.2, 0.25) is 0 Å². The zero-order valence-corrected chi connectivity index (χ0v) is 18.9. The van der Waals surface area contributed by atoms with Crippen molar-refractivity contribution in [3.8, 4) is 28.2 Å². The monoisotopic (exact) mass is 440 g/mol. The molecule has 0 unspecified atom stereocenters. The summed E-state index contributed by atoms with van der Waals surface area (Å²) in [5, 5.41) is 1.29. The molecule has 0 fully saturated rings. The molecule has 1 aliphatic rings. The zero-order valence-electron chi connectivity index (χ0n) is 18.9. The fourth-order valence-electron chi connectivity index (χ4n) is 5.50. The first-order chi connectivity index (χ1) is 16.9. The summed E-state index contributed by atoms with van der Waals surface area (Å²) in [7, 11) is 0. The van der Waals surface area contributed by atoms with Crippen molar-refractivity contribution in [1.29, 1.82) is 0 Å². The van der Waals surface area contributed by atoms with Crippen molar-refractivity contribution in [3.63, 3.8) is 0 Å². The highest BCUT2D eigenvalue weighted by molar-refractivity contribution is 5.86. The van der Waals surface area contributed by atoms with Crippen molar-refractivity contribution < 1.29 is 0 Å². The van der Waals surface area contributed by atoms with E-state index in [1.54, 1.807) is 0 Å². The van der Waals surface area contributed by atoms with E-state index in [1.807, 2.05) is 18.3 Å². The van der Waals surface area contributed by atoms with E-state index in [1.165, 1.54) is 29.5 Å². The van der Waals surface area contributed by atoms with Crippen molar-refractivity contribution in [2.24, 2.45) is 0 Å². The Morgan fingerprint density at radius 1 is 0.735 bits per heavy atom. The summed E-state index contributed by atoms with van der Waals surface area (Å²) >= 11 is 0. The third-order valence-electron chi connectivity index (χ3n) is 6.99. The van der Waals surface area contributed by atoms with Crippen LogP contribution in [0.25, 0.3) is 44.9 Å². The molecule has 4 nitrogen and oxygen atoms in total. The number of hydrogen-bond donors (Lipinski definition) is 0. The molecule has 0 N–H and O–H groups in total. The van der Waals surface area contributed by atoms with Crippen molar-refractivity contribution in [1.82, 2.24) is 18.9 Å². The van der Waals surface area contributed by atoms with Gasteiger partial charge in [-0.05, 0) is 67.6 Å². The molecular formula is C30H24N4. The van der Waals surface area contributed by atoms with E-state index in [0.717, 1.165) is 52.3 Å². The van der Waals surface area contributed by atoms with Crippen LogP contribution in [0, 0.1) is 0 Å². The van der Waals surface area contributed by atoms with E-state index in [-0.39, 0.29) is 0 Å². The second-order valence-corrected chi connectivity index (χ2v) is 9.00. The van der Waals surface area contributed by atoms with Gasteiger partial charge in [-0.25, -0.2) is 9.97 Å².